The number of halogens is 2. The van der Waals surface area contributed by atoms with E-state index >= 15 is 0 Å². The maximum atomic E-state index is 11.8. The van der Waals surface area contributed by atoms with Crippen LogP contribution in [0.3, 0.4) is 0 Å². The van der Waals surface area contributed by atoms with Gasteiger partial charge in [-0.1, -0.05) is 0 Å². The van der Waals surface area contributed by atoms with Crippen LogP contribution in [0.25, 0.3) is 0 Å². The summed E-state index contributed by atoms with van der Waals surface area (Å²) < 4.78 is 1.08. The molecule has 2 N–H and O–H groups in total. The van der Waals surface area contributed by atoms with Crippen molar-refractivity contribution in [2.75, 3.05) is 13.1 Å². The van der Waals surface area contributed by atoms with E-state index in [1.54, 1.807) is 11.3 Å². The zero-order chi connectivity index (χ0) is 11.4. The van der Waals surface area contributed by atoms with Crippen LogP contribution < -0.4 is 10.6 Å². The zero-order valence-electron chi connectivity index (χ0n) is 9.37. The van der Waals surface area contributed by atoms with Gasteiger partial charge in [0.1, 0.15) is 0 Å². The number of hydrogen-bond acceptors (Lipinski definition) is 3. The zero-order valence-corrected chi connectivity index (χ0v) is 12.6. The second kappa shape index (κ2) is 7.36. The SMILES string of the molecule is Cl.O=C(NCc1cc(Br)cs1)C1CCCNC1. The summed E-state index contributed by atoms with van der Waals surface area (Å²) in [6, 6.07) is 2.05. The van der Waals surface area contributed by atoms with E-state index < -0.39 is 0 Å². The lowest BCUT2D eigenvalue weighted by atomic mass is 9.99. The summed E-state index contributed by atoms with van der Waals surface area (Å²) >= 11 is 5.06. The van der Waals surface area contributed by atoms with Gasteiger partial charge in [-0.05, 0) is 41.4 Å². The Balaban J connectivity index is 0.00000144. The van der Waals surface area contributed by atoms with E-state index in [-0.39, 0.29) is 24.2 Å². The third-order valence-electron chi connectivity index (χ3n) is 2.73. The summed E-state index contributed by atoms with van der Waals surface area (Å²) in [6.07, 6.45) is 2.11. The van der Waals surface area contributed by atoms with Crippen LogP contribution in [0, 0.1) is 5.92 Å². The monoisotopic (exact) mass is 338 g/mol. The van der Waals surface area contributed by atoms with Gasteiger partial charge < -0.3 is 10.6 Å². The second-order valence-corrected chi connectivity index (χ2v) is 5.90. The molecular weight excluding hydrogens is 324 g/mol. The number of nitrogens with one attached hydrogen (secondary N) is 2. The van der Waals surface area contributed by atoms with Gasteiger partial charge in [0, 0.05) is 21.3 Å². The lowest BCUT2D eigenvalue weighted by Gasteiger charge is -2.21. The summed E-state index contributed by atoms with van der Waals surface area (Å²) in [5.74, 6) is 0.328. The van der Waals surface area contributed by atoms with Crippen LogP contribution in [0.4, 0.5) is 0 Å². The van der Waals surface area contributed by atoms with Crippen molar-refractivity contribution in [2.45, 2.75) is 19.4 Å². The lowest BCUT2D eigenvalue weighted by Crippen LogP contribution is -2.40. The van der Waals surface area contributed by atoms with Gasteiger partial charge >= 0.3 is 0 Å². The molecular formula is C11H16BrClN2OS. The molecule has 17 heavy (non-hydrogen) atoms. The second-order valence-electron chi connectivity index (χ2n) is 3.99. The molecule has 1 aromatic heterocycles. The molecule has 0 spiro atoms. The molecule has 0 saturated carbocycles. The molecule has 1 aromatic rings. The van der Waals surface area contributed by atoms with Crippen LogP contribution in [0.1, 0.15) is 17.7 Å². The van der Waals surface area contributed by atoms with E-state index in [0.29, 0.717) is 6.54 Å². The topological polar surface area (TPSA) is 41.1 Å². The van der Waals surface area contributed by atoms with Gasteiger partial charge in [-0.25, -0.2) is 0 Å². The Morgan fingerprint density at radius 1 is 1.65 bits per heavy atom. The summed E-state index contributed by atoms with van der Waals surface area (Å²) in [5, 5.41) is 8.28. The Morgan fingerprint density at radius 2 is 2.47 bits per heavy atom. The first-order valence-electron chi connectivity index (χ1n) is 5.47. The van der Waals surface area contributed by atoms with Gasteiger partial charge in [-0.2, -0.15) is 0 Å². The van der Waals surface area contributed by atoms with E-state index in [1.165, 1.54) is 4.88 Å². The fourth-order valence-electron chi connectivity index (χ4n) is 1.84. The minimum Gasteiger partial charge on any atom is -0.351 e. The lowest BCUT2D eigenvalue weighted by molar-refractivity contribution is -0.125. The average Bonchev–Trinajstić information content (AvgIpc) is 2.73. The third kappa shape index (κ3) is 4.58. The maximum Gasteiger partial charge on any atom is 0.224 e. The third-order valence-corrected chi connectivity index (χ3v) is 4.42. The van der Waals surface area contributed by atoms with Gasteiger partial charge in [0.05, 0.1) is 12.5 Å². The molecule has 0 aliphatic carbocycles. The molecule has 1 unspecified atom stereocenters. The van der Waals surface area contributed by atoms with Gasteiger partial charge in [0.2, 0.25) is 5.91 Å². The van der Waals surface area contributed by atoms with Crippen LogP contribution in [0.2, 0.25) is 0 Å². The Bertz CT molecular complexity index is 366. The molecule has 1 fully saturated rings. The van der Waals surface area contributed by atoms with Crippen LogP contribution in [0.5, 0.6) is 0 Å². The quantitative estimate of drug-likeness (QED) is 0.888. The first kappa shape index (κ1) is 15.0. The molecule has 0 bridgehead atoms. The van der Waals surface area contributed by atoms with Crippen molar-refractivity contribution < 1.29 is 4.79 Å². The fourth-order valence-corrected chi connectivity index (χ4v) is 3.23. The summed E-state index contributed by atoms with van der Waals surface area (Å²) in [4.78, 5) is 13.0. The molecule has 2 heterocycles. The number of carbonyl (C=O) groups excluding carboxylic acids is 1. The fraction of sp³-hybridized carbons (Fsp3) is 0.545. The van der Waals surface area contributed by atoms with Crippen molar-refractivity contribution in [3.63, 3.8) is 0 Å². The first-order chi connectivity index (χ1) is 7.75. The minimum atomic E-state index is 0. The van der Waals surface area contributed by atoms with E-state index in [9.17, 15) is 4.79 Å². The average molecular weight is 340 g/mol. The highest BCUT2D eigenvalue weighted by molar-refractivity contribution is 9.10. The molecule has 6 heteroatoms. The highest BCUT2D eigenvalue weighted by Gasteiger charge is 2.20. The Kier molecular flexibility index (Phi) is 6.48. The smallest absolute Gasteiger partial charge is 0.224 e. The van der Waals surface area contributed by atoms with Gasteiger partial charge in [0.25, 0.3) is 0 Å². The molecule has 3 nitrogen and oxygen atoms in total. The molecule has 2 rings (SSSR count). The van der Waals surface area contributed by atoms with Gasteiger partial charge in [-0.3, -0.25) is 4.79 Å². The first-order valence-corrected chi connectivity index (χ1v) is 7.14. The van der Waals surface area contributed by atoms with Crippen LogP contribution in [0.15, 0.2) is 15.9 Å². The number of rotatable bonds is 3. The molecule has 1 amide bonds. The van der Waals surface area contributed by atoms with Crippen molar-refractivity contribution in [1.82, 2.24) is 10.6 Å². The summed E-state index contributed by atoms with van der Waals surface area (Å²) in [6.45, 7) is 2.51. The molecule has 0 aromatic carbocycles. The van der Waals surface area contributed by atoms with Crippen LogP contribution >= 0.6 is 39.7 Å². The van der Waals surface area contributed by atoms with Crippen LogP contribution in [-0.2, 0) is 11.3 Å². The molecule has 1 saturated heterocycles. The number of piperidine rings is 1. The van der Waals surface area contributed by atoms with Crippen molar-refractivity contribution in [3.8, 4) is 0 Å². The molecule has 1 atom stereocenters. The van der Waals surface area contributed by atoms with Crippen molar-refractivity contribution in [3.05, 3.63) is 20.8 Å². The van der Waals surface area contributed by atoms with Crippen molar-refractivity contribution >= 4 is 45.6 Å². The maximum absolute atomic E-state index is 11.8. The molecule has 1 aliphatic heterocycles. The highest BCUT2D eigenvalue weighted by Crippen LogP contribution is 2.19. The summed E-state index contributed by atoms with van der Waals surface area (Å²) in [5.41, 5.74) is 0. The molecule has 0 radical (unpaired) electrons. The largest absolute Gasteiger partial charge is 0.351 e. The van der Waals surface area contributed by atoms with Crippen molar-refractivity contribution in [1.29, 1.82) is 0 Å². The molecule has 1 aliphatic rings. The predicted octanol–water partition coefficient (Wildman–Crippen LogP) is 2.55. The van der Waals surface area contributed by atoms with E-state index in [4.69, 9.17) is 0 Å². The van der Waals surface area contributed by atoms with E-state index in [1.807, 2.05) is 11.4 Å². The van der Waals surface area contributed by atoms with Gasteiger partial charge in [0.15, 0.2) is 0 Å². The predicted molar refractivity (Wildman–Crippen MR) is 76.7 cm³/mol. The standard InChI is InChI=1S/C11H15BrN2OS.ClH/c12-9-4-10(16-7-9)6-14-11(15)8-2-1-3-13-5-8;/h4,7-8,13H,1-3,5-6H2,(H,14,15);1H. The van der Waals surface area contributed by atoms with E-state index in [2.05, 4.69) is 26.6 Å². The number of amides is 1. The van der Waals surface area contributed by atoms with Crippen LogP contribution in [-0.4, -0.2) is 19.0 Å². The van der Waals surface area contributed by atoms with Gasteiger partial charge in [-0.15, -0.1) is 23.7 Å². The number of thiophene rings is 1. The summed E-state index contributed by atoms with van der Waals surface area (Å²) in [7, 11) is 0. The van der Waals surface area contributed by atoms with E-state index in [0.717, 1.165) is 30.4 Å². The number of hydrogen-bond donors (Lipinski definition) is 2. The Hall–Kier alpha value is -0.100. The minimum absolute atomic E-state index is 0. The normalized spacial score (nSPS) is 19.5. The Labute approximate surface area is 120 Å². The molecule has 96 valence electrons. The van der Waals surface area contributed by atoms with Crippen molar-refractivity contribution in [2.24, 2.45) is 5.92 Å². The highest BCUT2D eigenvalue weighted by atomic mass is 79.9. The Morgan fingerprint density at radius 3 is 3.06 bits per heavy atom. The number of carbonyl (C=O) groups is 1.